The predicted octanol–water partition coefficient (Wildman–Crippen LogP) is 2.05. The zero-order valence-electron chi connectivity index (χ0n) is 6.59. The van der Waals surface area contributed by atoms with Gasteiger partial charge in [0.05, 0.1) is 0 Å². The molecule has 0 aromatic heterocycles. The molecule has 0 aliphatic heterocycles. The second kappa shape index (κ2) is 4.36. The Kier molecular flexibility index (Phi) is 4.10. The van der Waals surface area contributed by atoms with E-state index in [0.717, 1.165) is 0 Å². The topological polar surface area (TPSA) is 21.6 Å². The number of hydrogen-bond donors (Lipinski definition) is 0. The Hall–Kier alpha value is -0.530. The van der Waals surface area contributed by atoms with Crippen molar-refractivity contribution >= 4 is 6.21 Å². The Morgan fingerprint density at radius 1 is 1.22 bits per heavy atom. The summed E-state index contributed by atoms with van der Waals surface area (Å²) in [5.74, 6) is 0.476. The molecule has 2 heteroatoms. The van der Waals surface area contributed by atoms with Crippen molar-refractivity contribution in [1.29, 1.82) is 0 Å². The van der Waals surface area contributed by atoms with E-state index in [9.17, 15) is 0 Å². The molecule has 0 aromatic rings. The minimum Gasteiger partial charge on any atom is -0.393 e. The molecule has 0 heterocycles. The van der Waals surface area contributed by atoms with Crippen LogP contribution in [0.15, 0.2) is 5.16 Å². The number of oxime groups is 1. The fraction of sp³-hybridized carbons (Fsp3) is 0.857. The van der Waals surface area contributed by atoms with E-state index in [1.807, 2.05) is 13.8 Å². The lowest BCUT2D eigenvalue weighted by Gasteiger charge is -2.00. The van der Waals surface area contributed by atoms with Crippen LogP contribution in [0, 0.1) is 5.92 Å². The standard InChI is InChI=1S/C7H15NO/c1-6(2)5-8-9-7(3)4/h5-7H,1-4H3. The van der Waals surface area contributed by atoms with Crippen molar-refractivity contribution in [1.82, 2.24) is 0 Å². The quantitative estimate of drug-likeness (QED) is 0.422. The second-order valence-electron chi connectivity index (χ2n) is 2.65. The van der Waals surface area contributed by atoms with Crippen molar-refractivity contribution in [2.24, 2.45) is 11.1 Å². The van der Waals surface area contributed by atoms with Gasteiger partial charge in [0.25, 0.3) is 0 Å². The molecule has 0 unspecified atom stereocenters. The maximum Gasteiger partial charge on any atom is 0.121 e. The van der Waals surface area contributed by atoms with E-state index in [2.05, 4.69) is 19.0 Å². The lowest BCUT2D eigenvalue weighted by molar-refractivity contribution is 0.0863. The van der Waals surface area contributed by atoms with Crippen molar-refractivity contribution in [3.8, 4) is 0 Å². The molecule has 0 bridgehead atoms. The van der Waals surface area contributed by atoms with Gasteiger partial charge in [0.1, 0.15) is 6.10 Å². The van der Waals surface area contributed by atoms with Gasteiger partial charge < -0.3 is 4.84 Å². The van der Waals surface area contributed by atoms with E-state index in [1.54, 1.807) is 6.21 Å². The smallest absolute Gasteiger partial charge is 0.121 e. The summed E-state index contributed by atoms with van der Waals surface area (Å²) < 4.78 is 0. The Bertz CT molecular complexity index is 86.9. The van der Waals surface area contributed by atoms with Gasteiger partial charge in [0, 0.05) is 6.21 Å². The lowest BCUT2D eigenvalue weighted by atomic mass is 10.3. The first-order valence-corrected chi connectivity index (χ1v) is 3.32. The predicted molar refractivity (Wildman–Crippen MR) is 39.6 cm³/mol. The Labute approximate surface area is 56.9 Å². The lowest BCUT2D eigenvalue weighted by Crippen LogP contribution is -1.97. The highest BCUT2D eigenvalue weighted by Crippen LogP contribution is 1.90. The highest BCUT2D eigenvalue weighted by Gasteiger charge is 1.88. The molecule has 0 amide bonds. The van der Waals surface area contributed by atoms with Crippen molar-refractivity contribution in [3.05, 3.63) is 0 Å². The van der Waals surface area contributed by atoms with Crippen LogP contribution in [0.1, 0.15) is 27.7 Å². The number of rotatable bonds is 3. The van der Waals surface area contributed by atoms with Gasteiger partial charge >= 0.3 is 0 Å². The molecule has 0 radical (unpaired) electrons. The molecule has 0 aromatic carbocycles. The zero-order chi connectivity index (χ0) is 7.28. The largest absolute Gasteiger partial charge is 0.393 e. The first-order valence-electron chi connectivity index (χ1n) is 3.32. The summed E-state index contributed by atoms with van der Waals surface area (Å²) in [6, 6.07) is 0. The molecular formula is C7H15NO. The van der Waals surface area contributed by atoms with E-state index < -0.39 is 0 Å². The van der Waals surface area contributed by atoms with Crippen LogP contribution < -0.4 is 0 Å². The highest BCUT2D eigenvalue weighted by molar-refractivity contribution is 5.58. The molecule has 0 fully saturated rings. The summed E-state index contributed by atoms with van der Waals surface area (Å²) in [6.45, 7) is 8.04. The molecule has 9 heavy (non-hydrogen) atoms. The number of hydrogen-bond acceptors (Lipinski definition) is 2. The monoisotopic (exact) mass is 129 g/mol. The van der Waals surface area contributed by atoms with Gasteiger partial charge in [0.2, 0.25) is 0 Å². The van der Waals surface area contributed by atoms with Crippen LogP contribution >= 0.6 is 0 Å². The summed E-state index contributed by atoms with van der Waals surface area (Å²) >= 11 is 0. The fourth-order valence-electron chi connectivity index (χ4n) is 0.279. The molecule has 54 valence electrons. The maximum absolute atomic E-state index is 4.92. The Morgan fingerprint density at radius 3 is 2.11 bits per heavy atom. The van der Waals surface area contributed by atoms with Crippen LogP contribution in [-0.4, -0.2) is 12.3 Å². The van der Waals surface area contributed by atoms with Gasteiger partial charge in [-0.2, -0.15) is 0 Å². The molecule has 0 spiro atoms. The van der Waals surface area contributed by atoms with E-state index in [4.69, 9.17) is 4.84 Å². The van der Waals surface area contributed by atoms with Crippen LogP contribution in [0.25, 0.3) is 0 Å². The van der Waals surface area contributed by atoms with Gasteiger partial charge in [0.15, 0.2) is 0 Å². The van der Waals surface area contributed by atoms with Crippen LogP contribution in [-0.2, 0) is 4.84 Å². The normalized spacial score (nSPS) is 11.8. The molecular weight excluding hydrogens is 114 g/mol. The molecule has 0 aliphatic carbocycles. The molecule has 0 aliphatic rings. The summed E-state index contributed by atoms with van der Waals surface area (Å²) in [4.78, 5) is 4.92. The average molecular weight is 129 g/mol. The minimum absolute atomic E-state index is 0.194. The van der Waals surface area contributed by atoms with Gasteiger partial charge in [-0.3, -0.25) is 0 Å². The van der Waals surface area contributed by atoms with E-state index >= 15 is 0 Å². The Balaban J connectivity index is 3.25. The summed E-state index contributed by atoms with van der Waals surface area (Å²) in [5, 5.41) is 3.75. The second-order valence-corrected chi connectivity index (χ2v) is 2.65. The van der Waals surface area contributed by atoms with Gasteiger partial charge in [-0.25, -0.2) is 0 Å². The van der Waals surface area contributed by atoms with Crippen LogP contribution in [0.2, 0.25) is 0 Å². The zero-order valence-corrected chi connectivity index (χ0v) is 6.59. The van der Waals surface area contributed by atoms with Crippen LogP contribution in [0.5, 0.6) is 0 Å². The van der Waals surface area contributed by atoms with E-state index in [0.29, 0.717) is 5.92 Å². The van der Waals surface area contributed by atoms with Crippen LogP contribution in [0.3, 0.4) is 0 Å². The highest BCUT2D eigenvalue weighted by atomic mass is 16.6. The molecule has 0 saturated carbocycles. The summed E-state index contributed by atoms with van der Waals surface area (Å²) in [7, 11) is 0. The fourth-order valence-corrected chi connectivity index (χ4v) is 0.279. The summed E-state index contributed by atoms with van der Waals surface area (Å²) in [5.41, 5.74) is 0. The van der Waals surface area contributed by atoms with Crippen LogP contribution in [0.4, 0.5) is 0 Å². The average Bonchev–Trinajstić information content (AvgIpc) is 1.63. The van der Waals surface area contributed by atoms with Gasteiger partial charge in [-0.05, 0) is 19.8 Å². The molecule has 0 atom stereocenters. The Morgan fingerprint density at radius 2 is 1.78 bits per heavy atom. The maximum atomic E-state index is 4.92. The van der Waals surface area contributed by atoms with Crippen molar-refractivity contribution in [2.45, 2.75) is 33.8 Å². The molecule has 0 saturated heterocycles. The third kappa shape index (κ3) is 7.47. The molecule has 0 rings (SSSR count). The van der Waals surface area contributed by atoms with Crippen molar-refractivity contribution in [2.75, 3.05) is 0 Å². The SMILES string of the molecule is CC(C)C=NOC(C)C. The first kappa shape index (κ1) is 8.47. The third-order valence-corrected chi connectivity index (χ3v) is 0.631. The third-order valence-electron chi connectivity index (χ3n) is 0.631. The summed E-state index contributed by atoms with van der Waals surface area (Å²) in [6.07, 6.45) is 1.99. The van der Waals surface area contributed by atoms with E-state index in [-0.39, 0.29) is 6.10 Å². The van der Waals surface area contributed by atoms with Crippen molar-refractivity contribution < 1.29 is 4.84 Å². The van der Waals surface area contributed by atoms with E-state index in [1.165, 1.54) is 0 Å². The molecule has 0 N–H and O–H groups in total. The molecule has 2 nitrogen and oxygen atoms in total. The van der Waals surface area contributed by atoms with Gasteiger partial charge in [-0.15, -0.1) is 0 Å². The minimum atomic E-state index is 0.194. The van der Waals surface area contributed by atoms with Crippen molar-refractivity contribution in [3.63, 3.8) is 0 Å². The first-order chi connectivity index (χ1) is 4.13. The van der Waals surface area contributed by atoms with Gasteiger partial charge in [-0.1, -0.05) is 19.0 Å². The number of nitrogens with zero attached hydrogens (tertiary/aromatic N) is 1.